The summed E-state index contributed by atoms with van der Waals surface area (Å²) in [5, 5.41) is 0. The van der Waals surface area contributed by atoms with E-state index in [0.717, 1.165) is 23.3 Å². The van der Waals surface area contributed by atoms with E-state index in [1.54, 1.807) is 6.07 Å². The highest BCUT2D eigenvalue weighted by Gasteiger charge is 2.14. The summed E-state index contributed by atoms with van der Waals surface area (Å²) in [6.07, 6.45) is 0.842. The Morgan fingerprint density at radius 2 is 2.06 bits per heavy atom. The Balaban J connectivity index is 2.81. The first-order valence-corrected chi connectivity index (χ1v) is 5.71. The Kier molecular flexibility index (Phi) is 2.70. The minimum absolute atomic E-state index is 0.211. The minimum Gasteiger partial charge on any atom is -0.326 e. The Labute approximate surface area is 95.1 Å². The number of benzene rings is 1. The van der Waals surface area contributed by atoms with Crippen molar-refractivity contribution in [2.45, 2.75) is 40.2 Å². The van der Waals surface area contributed by atoms with Crippen LogP contribution in [0.25, 0.3) is 11.0 Å². The number of hydrogen-bond acceptors (Lipinski definition) is 1. The molecule has 0 atom stereocenters. The Morgan fingerprint density at radius 1 is 1.38 bits per heavy atom. The van der Waals surface area contributed by atoms with Gasteiger partial charge in [0.15, 0.2) is 5.82 Å². The number of aromatic nitrogens is 2. The molecule has 1 heterocycles. The maximum Gasteiger partial charge on any atom is 0.151 e. The predicted molar refractivity (Wildman–Crippen MR) is 64.2 cm³/mol. The number of halogens is 1. The predicted octanol–water partition coefficient (Wildman–Crippen LogP) is 3.63. The second-order valence-corrected chi connectivity index (χ2v) is 4.42. The SMILES string of the molecule is CCc1cc(F)c2nc(C)n(C(C)C)c2c1. The average Bonchev–Trinajstić information content (AvgIpc) is 2.54. The lowest BCUT2D eigenvalue weighted by Crippen LogP contribution is -2.02. The topological polar surface area (TPSA) is 17.8 Å². The van der Waals surface area contributed by atoms with E-state index >= 15 is 0 Å². The van der Waals surface area contributed by atoms with Crippen LogP contribution in [0.5, 0.6) is 0 Å². The van der Waals surface area contributed by atoms with Gasteiger partial charge in [0.2, 0.25) is 0 Å². The molecule has 2 aromatic rings. The van der Waals surface area contributed by atoms with Gasteiger partial charge in [-0.2, -0.15) is 0 Å². The van der Waals surface area contributed by atoms with Gasteiger partial charge in [0.05, 0.1) is 5.52 Å². The fraction of sp³-hybridized carbons (Fsp3) is 0.462. The van der Waals surface area contributed by atoms with E-state index in [9.17, 15) is 4.39 Å². The highest BCUT2D eigenvalue weighted by atomic mass is 19.1. The number of hydrogen-bond donors (Lipinski definition) is 0. The molecule has 86 valence electrons. The number of rotatable bonds is 2. The van der Waals surface area contributed by atoms with Gasteiger partial charge in [-0.05, 0) is 44.9 Å². The second kappa shape index (κ2) is 3.89. The molecular formula is C13H17FN2. The molecule has 0 bridgehead atoms. The molecule has 16 heavy (non-hydrogen) atoms. The molecule has 2 rings (SSSR count). The molecule has 0 saturated carbocycles. The van der Waals surface area contributed by atoms with E-state index in [0.29, 0.717) is 11.6 Å². The van der Waals surface area contributed by atoms with Gasteiger partial charge in [-0.3, -0.25) is 0 Å². The van der Waals surface area contributed by atoms with Crippen LogP contribution in [0.2, 0.25) is 0 Å². The standard InChI is InChI=1S/C13H17FN2/c1-5-10-6-11(14)13-12(7-10)16(8(2)3)9(4)15-13/h6-8H,5H2,1-4H3. The molecule has 3 heteroatoms. The quantitative estimate of drug-likeness (QED) is 0.755. The normalized spacial score (nSPS) is 11.6. The lowest BCUT2D eigenvalue weighted by Gasteiger charge is -2.11. The van der Waals surface area contributed by atoms with Crippen LogP contribution >= 0.6 is 0 Å². The van der Waals surface area contributed by atoms with Gasteiger partial charge in [-0.25, -0.2) is 9.37 Å². The molecule has 0 aliphatic carbocycles. The van der Waals surface area contributed by atoms with Gasteiger partial charge in [-0.15, -0.1) is 0 Å². The number of imidazole rings is 1. The molecule has 1 aromatic carbocycles. The van der Waals surface area contributed by atoms with Gasteiger partial charge in [0, 0.05) is 6.04 Å². The van der Waals surface area contributed by atoms with Crippen molar-refractivity contribution < 1.29 is 4.39 Å². The molecule has 0 unspecified atom stereocenters. The van der Waals surface area contributed by atoms with Crippen molar-refractivity contribution in [1.82, 2.24) is 9.55 Å². The molecule has 0 amide bonds. The average molecular weight is 220 g/mol. The van der Waals surface area contributed by atoms with E-state index in [4.69, 9.17) is 0 Å². The zero-order valence-corrected chi connectivity index (χ0v) is 10.2. The largest absolute Gasteiger partial charge is 0.326 e. The minimum atomic E-state index is -0.211. The molecule has 0 saturated heterocycles. The van der Waals surface area contributed by atoms with Crippen LogP contribution in [-0.4, -0.2) is 9.55 Å². The van der Waals surface area contributed by atoms with Crippen molar-refractivity contribution in [1.29, 1.82) is 0 Å². The summed E-state index contributed by atoms with van der Waals surface area (Å²) >= 11 is 0. The molecular weight excluding hydrogens is 203 g/mol. The van der Waals surface area contributed by atoms with E-state index in [1.165, 1.54) is 0 Å². The van der Waals surface area contributed by atoms with Crippen LogP contribution in [0.3, 0.4) is 0 Å². The van der Waals surface area contributed by atoms with E-state index in [2.05, 4.69) is 23.4 Å². The van der Waals surface area contributed by atoms with Gasteiger partial charge in [-0.1, -0.05) is 6.92 Å². The van der Waals surface area contributed by atoms with Gasteiger partial charge >= 0.3 is 0 Å². The van der Waals surface area contributed by atoms with Crippen LogP contribution < -0.4 is 0 Å². The fourth-order valence-corrected chi connectivity index (χ4v) is 2.18. The van der Waals surface area contributed by atoms with Crippen molar-refractivity contribution in [2.75, 3.05) is 0 Å². The summed E-state index contributed by atoms with van der Waals surface area (Å²) in [4.78, 5) is 4.30. The Hall–Kier alpha value is -1.38. The van der Waals surface area contributed by atoms with Crippen LogP contribution in [0.15, 0.2) is 12.1 Å². The lowest BCUT2D eigenvalue weighted by atomic mass is 10.1. The second-order valence-electron chi connectivity index (χ2n) is 4.42. The maximum absolute atomic E-state index is 13.8. The third-order valence-corrected chi connectivity index (χ3v) is 2.91. The van der Waals surface area contributed by atoms with Gasteiger partial charge < -0.3 is 4.57 Å². The van der Waals surface area contributed by atoms with Crippen LogP contribution in [0, 0.1) is 12.7 Å². The third kappa shape index (κ3) is 1.60. The van der Waals surface area contributed by atoms with Crippen molar-refractivity contribution >= 4 is 11.0 Å². The summed E-state index contributed by atoms with van der Waals surface area (Å²) < 4.78 is 15.9. The molecule has 0 fully saturated rings. The van der Waals surface area contributed by atoms with E-state index in [1.807, 2.05) is 19.9 Å². The summed E-state index contributed by atoms with van der Waals surface area (Å²) in [6, 6.07) is 3.93. The van der Waals surface area contributed by atoms with Crippen LogP contribution in [0.1, 0.15) is 38.2 Å². The smallest absolute Gasteiger partial charge is 0.151 e. The first-order chi connectivity index (χ1) is 7.54. The number of aryl methyl sites for hydroxylation is 2. The highest BCUT2D eigenvalue weighted by molar-refractivity contribution is 5.77. The van der Waals surface area contributed by atoms with Crippen molar-refractivity contribution in [2.24, 2.45) is 0 Å². The van der Waals surface area contributed by atoms with Crippen LogP contribution in [-0.2, 0) is 6.42 Å². The van der Waals surface area contributed by atoms with Crippen molar-refractivity contribution in [3.05, 3.63) is 29.3 Å². The maximum atomic E-state index is 13.8. The Bertz CT molecular complexity index is 526. The Morgan fingerprint density at radius 3 is 2.62 bits per heavy atom. The molecule has 2 nitrogen and oxygen atoms in total. The monoisotopic (exact) mass is 220 g/mol. The first-order valence-electron chi connectivity index (χ1n) is 5.71. The number of fused-ring (bicyclic) bond motifs is 1. The molecule has 0 N–H and O–H groups in total. The van der Waals surface area contributed by atoms with Crippen LogP contribution in [0.4, 0.5) is 4.39 Å². The molecule has 1 aromatic heterocycles. The first kappa shape index (κ1) is 11.1. The summed E-state index contributed by atoms with van der Waals surface area (Å²) in [6.45, 7) is 8.13. The summed E-state index contributed by atoms with van der Waals surface area (Å²) in [7, 11) is 0. The van der Waals surface area contributed by atoms with Crippen molar-refractivity contribution in [3.8, 4) is 0 Å². The van der Waals surface area contributed by atoms with E-state index in [-0.39, 0.29) is 5.82 Å². The number of nitrogens with zero attached hydrogens (tertiary/aromatic N) is 2. The summed E-state index contributed by atoms with van der Waals surface area (Å²) in [5.74, 6) is 0.661. The lowest BCUT2D eigenvalue weighted by molar-refractivity contribution is 0.599. The molecule has 0 spiro atoms. The summed E-state index contributed by atoms with van der Waals surface area (Å²) in [5.41, 5.74) is 2.42. The third-order valence-electron chi connectivity index (χ3n) is 2.91. The fourth-order valence-electron chi connectivity index (χ4n) is 2.18. The zero-order chi connectivity index (χ0) is 11.9. The highest BCUT2D eigenvalue weighted by Crippen LogP contribution is 2.24. The zero-order valence-electron chi connectivity index (χ0n) is 10.2. The van der Waals surface area contributed by atoms with Crippen molar-refractivity contribution in [3.63, 3.8) is 0 Å². The molecule has 0 aliphatic rings. The van der Waals surface area contributed by atoms with Gasteiger partial charge in [0.25, 0.3) is 0 Å². The molecule has 0 radical (unpaired) electrons. The van der Waals surface area contributed by atoms with Gasteiger partial charge in [0.1, 0.15) is 11.3 Å². The van der Waals surface area contributed by atoms with E-state index < -0.39 is 0 Å². The molecule has 0 aliphatic heterocycles.